The summed E-state index contributed by atoms with van der Waals surface area (Å²) in [7, 11) is 1.45. The zero-order chi connectivity index (χ0) is 19.8. The van der Waals surface area contributed by atoms with E-state index in [-0.39, 0.29) is 12.3 Å². The number of rotatable bonds is 7. The lowest BCUT2D eigenvalue weighted by molar-refractivity contribution is -0.131. The number of hydrogen-bond donors (Lipinski definition) is 2. The van der Waals surface area contributed by atoms with Crippen LogP contribution in [0.2, 0.25) is 5.02 Å². The molecular weight excluding hydrogens is 366 g/mol. The highest BCUT2D eigenvalue weighted by molar-refractivity contribution is 6.31. The number of methoxy groups -OCH3 is 1. The number of carbonyl (C=O) groups is 2. The summed E-state index contributed by atoms with van der Waals surface area (Å²) in [5, 5.41) is 7.31. The first kappa shape index (κ1) is 20.6. The van der Waals surface area contributed by atoms with E-state index in [4.69, 9.17) is 16.3 Å². The Bertz CT molecular complexity index is 838. The molecule has 0 aliphatic rings. The normalized spacial score (nSPS) is 12.4. The van der Waals surface area contributed by atoms with Crippen LogP contribution in [0.4, 0.5) is 5.69 Å². The average Bonchev–Trinajstić information content (AvgIpc) is 2.64. The Kier molecular flexibility index (Phi) is 7.52. The van der Waals surface area contributed by atoms with Crippen LogP contribution >= 0.6 is 11.6 Å². The highest BCUT2D eigenvalue weighted by atomic mass is 35.5. The van der Waals surface area contributed by atoms with Crippen molar-refractivity contribution in [3.63, 3.8) is 0 Å². The molecule has 1 atom stereocenters. The number of halogens is 1. The summed E-state index contributed by atoms with van der Waals surface area (Å²) in [5.74, 6) is -0.662. The van der Waals surface area contributed by atoms with Gasteiger partial charge < -0.3 is 10.1 Å². The van der Waals surface area contributed by atoms with E-state index in [0.717, 1.165) is 11.1 Å². The number of nitrogens with zero attached hydrogens (tertiary/aromatic N) is 1. The van der Waals surface area contributed by atoms with Crippen LogP contribution in [-0.2, 0) is 14.3 Å². The molecule has 0 aromatic heterocycles. The van der Waals surface area contributed by atoms with Gasteiger partial charge in [0.1, 0.15) is 0 Å². The Morgan fingerprint density at radius 2 is 1.89 bits per heavy atom. The van der Waals surface area contributed by atoms with Crippen molar-refractivity contribution in [2.24, 2.45) is 5.10 Å². The summed E-state index contributed by atoms with van der Waals surface area (Å²) in [4.78, 5) is 24.4. The predicted molar refractivity (Wildman–Crippen MR) is 107 cm³/mol. The SMILES string of the molecule is COC(C(=O)N/N=C(\C)CC(=O)Nc1ccc(C)c(Cl)c1)c1ccccc1. The first-order chi connectivity index (χ1) is 12.9. The van der Waals surface area contributed by atoms with Gasteiger partial charge in [0.2, 0.25) is 5.91 Å². The standard InChI is InChI=1S/C20H22ClN3O3/c1-13-9-10-16(12-17(13)21)22-18(25)11-14(2)23-24-20(26)19(27-3)15-7-5-4-6-8-15/h4-10,12,19H,11H2,1-3H3,(H,22,25)(H,24,26)/b23-14+. The summed E-state index contributed by atoms with van der Waals surface area (Å²) in [6, 6.07) is 14.4. The number of amides is 2. The molecule has 6 nitrogen and oxygen atoms in total. The molecule has 2 aromatic carbocycles. The molecule has 0 heterocycles. The molecule has 2 N–H and O–H groups in total. The van der Waals surface area contributed by atoms with Gasteiger partial charge in [0, 0.05) is 23.5 Å². The van der Waals surface area contributed by atoms with Crippen molar-refractivity contribution in [1.29, 1.82) is 0 Å². The maximum Gasteiger partial charge on any atom is 0.273 e. The van der Waals surface area contributed by atoms with E-state index in [1.54, 1.807) is 31.2 Å². The zero-order valence-corrected chi connectivity index (χ0v) is 16.2. The maximum atomic E-state index is 12.3. The van der Waals surface area contributed by atoms with E-state index < -0.39 is 12.0 Å². The summed E-state index contributed by atoms with van der Waals surface area (Å²) >= 11 is 6.05. The van der Waals surface area contributed by atoms with Gasteiger partial charge in [-0.25, -0.2) is 5.43 Å². The van der Waals surface area contributed by atoms with Crippen LogP contribution in [0.25, 0.3) is 0 Å². The molecule has 2 amide bonds. The number of nitrogens with one attached hydrogen (secondary N) is 2. The Labute approximate surface area is 163 Å². The Morgan fingerprint density at radius 3 is 2.52 bits per heavy atom. The van der Waals surface area contributed by atoms with E-state index in [0.29, 0.717) is 16.4 Å². The quantitative estimate of drug-likeness (QED) is 0.559. The van der Waals surface area contributed by atoms with Crippen LogP contribution in [0.15, 0.2) is 53.6 Å². The van der Waals surface area contributed by atoms with Crippen molar-refractivity contribution < 1.29 is 14.3 Å². The third-order valence-corrected chi connectivity index (χ3v) is 4.21. The van der Waals surface area contributed by atoms with Crippen LogP contribution in [0.5, 0.6) is 0 Å². The van der Waals surface area contributed by atoms with Crippen LogP contribution in [-0.4, -0.2) is 24.6 Å². The molecule has 27 heavy (non-hydrogen) atoms. The van der Waals surface area contributed by atoms with Crippen molar-refractivity contribution in [3.8, 4) is 0 Å². The van der Waals surface area contributed by atoms with Crippen molar-refractivity contribution in [1.82, 2.24) is 5.43 Å². The third kappa shape index (κ3) is 6.20. The van der Waals surface area contributed by atoms with Crippen LogP contribution in [0, 0.1) is 6.92 Å². The molecule has 7 heteroatoms. The van der Waals surface area contributed by atoms with Gasteiger partial charge in [-0.15, -0.1) is 0 Å². The van der Waals surface area contributed by atoms with E-state index in [1.165, 1.54) is 7.11 Å². The van der Waals surface area contributed by atoms with Gasteiger partial charge in [0.05, 0.1) is 6.42 Å². The molecule has 2 rings (SSSR count). The van der Waals surface area contributed by atoms with Gasteiger partial charge in [0.25, 0.3) is 5.91 Å². The molecule has 142 valence electrons. The van der Waals surface area contributed by atoms with Crippen molar-refractivity contribution in [2.45, 2.75) is 26.4 Å². The van der Waals surface area contributed by atoms with Gasteiger partial charge in [-0.3, -0.25) is 9.59 Å². The predicted octanol–water partition coefficient (Wildman–Crippen LogP) is 3.86. The molecule has 0 radical (unpaired) electrons. The van der Waals surface area contributed by atoms with Gasteiger partial charge in [0.15, 0.2) is 6.10 Å². The van der Waals surface area contributed by atoms with Gasteiger partial charge in [-0.2, -0.15) is 5.10 Å². The second-order valence-electron chi connectivity index (χ2n) is 6.04. The fourth-order valence-electron chi connectivity index (χ4n) is 2.38. The smallest absolute Gasteiger partial charge is 0.273 e. The summed E-state index contributed by atoms with van der Waals surface area (Å²) < 4.78 is 5.24. The van der Waals surface area contributed by atoms with Crippen LogP contribution in [0.3, 0.4) is 0 Å². The number of hydrazone groups is 1. The minimum atomic E-state index is -0.772. The summed E-state index contributed by atoms with van der Waals surface area (Å²) in [6.07, 6.45) is -0.735. The molecule has 0 spiro atoms. The maximum absolute atomic E-state index is 12.3. The second kappa shape index (κ2) is 9.85. The number of hydrogen-bond acceptors (Lipinski definition) is 4. The van der Waals surface area contributed by atoms with Gasteiger partial charge >= 0.3 is 0 Å². The van der Waals surface area contributed by atoms with Crippen LogP contribution in [0.1, 0.15) is 30.6 Å². The second-order valence-corrected chi connectivity index (χ2v) is 6.45. The molecule has 0 bridgehead atoms. The number of carbonyl (C=O) groups excluding carboxylic acids is 2. The first-order valence-electron chi connectivity index (χ1n) is 8.37. The molecule has 0 saturated carbocycles. The van der Waals surface area contributed by atoms with Crippen LogP contribution < -0.4 is 10.7 Å². The Hall–Kier alpha value is -2.70. The molecule has 0 aliphatic carbocycles. The molecule has 2 aromatic rings. The average molecular weight is 388 g/mol. The first-order valence-corrected chi connectivity index (χ1v) is 8.75. The topological polar surface area (TPSA) is 79.8 Å². The highest BCUT2D eigenvalue weighted by Crippen LogP contribution is 2.20. The lowest BCUT2D eigenvalue weighted by Gasteiger charge is -2.14. The van der Waals surface area contributed by atoms with Gasteiger partial charge in [-0.05, 0) is 37.1 Å². The lowest BCUT2D eigenvalue weighted by atomic mass is 10.1. The fraction of sp³-hybridized carbons (Fsp3) is 0.250. The summed E-state index contributed by atoms with van der Waals surface area (Å²) in [6.45, 7) is 3.54. The molecule has 1 unspecified atom stereocenters. The van der Waals surface area contributed by atoms with E-state index in [1.807, 2.05) is 31.2 Å². The number of benzene rings is 2. The largest absolute Gasteiger partial charge is 0.367 e. The Balaban J connectivity index is 1.91. The number of ether oxygens (including phenoxy) is 1. The fourth-order valence-corrected chi connectivity index (χ4v) is 2.56. The van der Waals surface area contributed by atoms with Crippen molar-refractivity contribution in [3.05, 3.63) is 64.7 Å². The number of anilines is 1. The number of aryl methyl sites for hydroxylation is 1. The van der Waals surface area contributed by atoms with Crippen molar-refractivity contribution in [2.75, 3.05) is 12.4 Å². The van der Waals surface area contributed by atoms with E-state index >= 15 is 0 Å². The van der Waals surface area contributed by atoms with E-state index in [2.05, 4.69) is 15.8 Å². The summed E-state index contributed by atoms with van der Waals surface area (Å²) in [5.41, 5.74) is 5.16. The Morgan fingerprint density at radius 1 is 1.19 bits per heavy atom. The minimum absolute atomic E-state index is 0.0365. The monoisotopic (exact) mass is 387 g/mol. The lowest BCUT2D eigenvalue weighted by Crippen LogP contribution is -2.28. The third-order valence-electron chi connectivity index (χ3n) is 3.81. The van der Waals surface area contributed by atoms with Crippen molar-refractivity contribution >= 4 is 34.8 Å². The van der Waals surface area contributed by atoms with E-state index in [9.17, 15) is 9.59 Å². The molecule has 0 saturated heterocycles. The molecule has 0 aliphatic heterocycles. The highest BCUT2D eigenvalue weighted by Gasteiger charge is 2.19. The minimum Gasteiger partial charge on any atom is -0.367 e. The molecular formula is C20H22ClN3O3. The van der Waals surface area contributed by atoms with Gasteiger partial charge in [-0.1, -0.05) is 48.0 Å². The zero-order valence-electron chi connectivity index (χ0n) is 15.5. The molecule has 0 fully saturated rings.